The topological polar surface area (TPSA) is 31.1 Å². The summed E-state index contributed by atoms with van der Waals surface area (Å²) < 4.78 is 0. The number of fused-ring (bicyclic) bond motifs is 1. The molecular formula is C22H31N3S. The van der Waals surface area contributed by atoms with Crippen LogP contribution in [0.1, 0.15) is 43.4 Å². The lowest BCUT2D eigenvalue weighted by atomic mass is 9.78. The molecule has 0 bridgehead atoms. The maximum absolute atomic E-state index is 3.73. The number of nitrogens with zero attached hydrogens (tertiary/aromatic N) is 1. The van der Waals surface area contributed by atoms with Gasteiger partial charge in [0.1, 0.15) is 0 Å². The van der Waals surface area contributed by atoms with E-state index in [9.17, 15) is 0 Å². The number of rotatable bonds is 4. The van der Waals surface area contributed by atoms with Crippen molar-refractivity contribution in [3.8, 4) is 0 Å². The quantitative estimate of drug-likeness (QED) is 0.813. The van der Waals surface area contributed by atoms with Gasteiger partial charge in [0.25, 0.3) is 0 Å². The third-order valence-corrected chi connectivity index (χ3v) is 8.09. The van der Waals surface area contributed by atoms with Gasteiger partial charge in [-0.2, -0.15) is 0 Å². The molecule has 26 heavy (non-hydrogen) atoms. The van der Waals surface area contributed by atoms with E-state index in [1.165, 1.54) is 54.3 Å². The molecule has 2 heterocycles. The van der Waals surface area contributed by atoms with E-state index in [0.29, 0.717) is 0 Å². The van der Waals surface area contributed by atoms with Crippen molar-refractivity contribution < 1.29 is 0 Å². The molecule has 1 unspecified atom stereocenters. The number of hydrogen-bond donors (Lipinski definition) is 2. The molecule has 2 aliphatic rings. The van der Waals surface area contributed by atoms with Crippen LogP contribution >= 0.6 is 11.8 Å². The van der Waals surface area contributed by atoms with Crippen LogP contribution < -0.4 is 5.32 Å². The van der Waals surface area contributed by atoms with Gasteiger partial charge in [-0.25, -0.2) is 0 Å². The molecule has 0 radical (unpaired) electrons. The van der Waals surface area contributed by atoms with Crippen molar-refractivity contribution in [3.63, 3.8) is 0 Å². The molecule has 1 aliphatic heterocycles. The largest absolute Gasteiger partial charge is 0.356 e. The standard InChI is InChI=1S/C22H31N3S/c1-16-17-10-6-7-11-18(17)24-20(16)21(23-2)14-19(26-15-21)22(25(3)4)12-8-5-9-13-22/h6-7,10-11,14,23-24H,5,8-9,12-13,15H2,1-4H3. The molecule has 140 valence electrons. The van der Waals surface area contributed by atoms with Gasteiger partial charge in [-0.05, 0) is 58.6 Å². The van der Waals surface area contributed by atoms with Gasteiger partial charge in [0.05, 0.1) is 11.1 Å². The number of thioether (sulfide) groups is 1. The van der Waals surface area contributed by atoms with Crippen molar-refractivity contribution in [3.05, 3.63) is 46.5 Å². The average Bonchev–Trinajstić information content (AvgIpc) is 3.25. The summed E-state index contributed by atoms with van der Waals surface area (Å²) in [6.07, 6.45) is 9.17. The van der Waals surface area contributed by atoms with Crippen LogP contribution in [-0.4, -0.2) is 42.3 Å². The Hall–Kier alpha value is -1.23. The zero-order valence-electron chi connectivity index (χ0n) is 16.5. The van der Waals surface area contributed by atoms with Crippen molar-refractivity contribution in [2.24, 2.45) is 0 Å². The number of aryl methyl sites for hydroxylation is 1. The number of likely N-dealkylation sites (N-methyl/N-ethyl adjacent to an activating group) is 2. The van der Waals surface area contributed by atoms with E-state index >= 15 is 0 Å². The van der Waals surface area contributed by atoms with E-state index in [1.807, 2.05) is 0 Å². The highest BCUT2D eigenvalue weighted by molar-refractivity contribution is 8.03. The number of nitrogens with one attached hydrogen (secondary N) is 2. The summed E-state index contributed by atoms with van der Waals surface area (Å²) in [6.45, 7) is 2.26. The first kappa shape index (κ1) is 18.1. The Labute approximate surface area is 161 Å². The molecule has 2 N–H and O–H groups in total. The van der Waals surface area contributed by atoms with Gasteiger partial charge in [-0.15, -0.1) is 11.8 Å². The lowest BCUT2D eigenvalue weighted by Gasteiger charge is -2.44. The first-order valence-electron chi connectivity index (χ1n) is 9.83. The van der Waals surface area contributed by atoms with Crippen LogP contribution in [0.4, 0.5) is 0 Å². The van der Waals surface area contributed by atoms with Crippen molar-refractivity contribution >= 4 is 22.7 Å². The molecule has 0 saturated heterocycles. The summed E-state index contributed by atoms with van der Waals surface area (Å²) in [5.41, 5.74) is 4.05. The second kappa shape index (κ2) is 6.74. The van der Waals surface area contributed by atoms with Gasteiger partial charge >= 0.3 is 0 Å². The van der Waals surface area contributed by atoms with Crippen LogP contribution in [0.5, 0.6) is 0 Å². The van der Waals surface area contributed by atoms with Gasteiger partial charge in [0, 0.05) is 27.3 Å². The number of aromatic nitrogens is 1. The van der Waals surface area contributed by atoms with E-state index < -0.39 is 0 Å². The fourth-order valence-electron chi connectivity index (χ4n) is 4.96. The Morgan fingerprint density at radius 2 is 1.85 bits per heavy atom. The lowest BCUT2D eigenvalue weighted by Crippen LogP contribution is -2.46. The molecule has 0 amide bonds. The second-order valence-electron chi connectivity index (χ2n) is 8.18. The molecular weight excluding hydrogens is 338 g/mol. The van der Waals surface area contributed by atoms with E-state index in [1.54, 1.807) is 4.91 Å². The fourth-order valence-corrected chi connectivity index (χ4v) is 6.66. The first-order chi connectivity index (χ1) is 12.5. The highest BCUT2D eigenvalue weighted by Gasteiger charge is 2.45. The number of para-hydroxylation sites is 1. The second-order valence-corrected chi connectivity index (χ2v) is 9.19. The molecule has 2 aromatic rings. The zero-order valence-corrected chi connectivity index (χ0v) is 17.3. The Morgan fingerprint density at radius 3 is 2.50 bits per heavy atom. The maximum atomic E-state index is 3.73. The van der Waals surface area contributed by atoms with Crippen LogP contribution in [0.2, 0.25) is 0 Å². The van der Waals surface area contributed by atoms with Crippen LogP contribution in [0, 0.1) is 6.92 Å². The molecule has 4 heteroatoms. The van der Waals surface area contributed by atoms with E-state index in [2.05, 4.69) is 85.4 Å². The minimum Gasteiger partial charge on any atom is -0.356 e. The SMILES string of the molecule is CNC1(c2[nH]c3ccccc3c2C)C=C(C2(N(C)C)CCCCC2)SC1. The highest BCUT2D eigenvalue weighted by Crippen LogP contribution is 2.50. The number of H-pyrrole nitrogens is 1. The zero-order chi connectivity index (χ0) is 18.4. The van der Waals surface area contributed by atoms with Crippen molar-refractivity contribution in [2.45, 2.75) is 50.1 Å². The number of hydrogen-bond acceptors (Lipinski definition) is 3. The van der Waals surface area contributed by atoms with Crippen LogP contribution in [-0.2, 0) is 5.54 Å². The molecule has 3 nitrogen and oxygen atoms in total. The summed E-state index contributed by atoms with van der Waals surface area (Å²) in [5, 5.41) is 5.01. The van der Waals surface area contributed by atoms with Gasteiger partial charge in [-0.1, -0.05) is 37.5 Å². The predicted octanol–water partition coefficient (Wildman–Crippen LogP) is 4.79. The minimum atomic E-state index is -0.108. The van der Waals surface area contributed by atoms with Crippen molar-refractivity contribution in [1.29, 1.82) is 0 Å². The predicted molar refractivity (Wildman–Crippen MR) is 114 cm³/mol. The van der Waals surface area contributed by atoms with Gasteiger partial charge < -0.3 is 10.3 Å². The maximum Gasteiger partial charge on any atom is 0.0878 e. The molecule has 1 saturated carbocycles. The smallest absolute Gasteiger partial charge is 0.0878 e. The van der Waals surface area contributed by atoms with E-state index in [-0.39, 0.29) is 11.1 Å². The fraction of sp³-hybridized carbons (Fsp3) is 0.545. The molecule has 1 aromatic carbocycles. The Morgan fingerprint density at radius 1 is 1.12 bits per heavy atom. The summed E-state index contributed by atoms with van der Waals surface area (Å²) in [4.78, 5) is 7.77. The van der Waals surface area contributed by atoms with E-state index in [4.69, 9.17) is 0 Å². The summed E-state index contributed by atoms with van der Waals surface area (Å²) in [6, 6.07) is 8.65. The highest BCUT2D eigenvalue weighted by atomic mass is 32.2. The Bertz CT molecular complexity index is 829. The van der Waals surface area contributed by atoms with Crippen molar-refractivity contribution in [2.75, 3.05) is 26.9 Å². The summed E-state index contributed by atoms with van der Waals surface area (Å²) >= 11 is 2.06. The molecule has 4 rings (SSSR count). The Balaban J connectivity index is 1.80. The molecule has 1 fully saturated rings. The van der Waals surface area contributed by atoms with Crippen LogP contribution in [0.15, 0.2) is 35.2 Å². The van der Waals surface area contributed by atoms with E-state index in [0.717, 1.165) is 5.75 Å². The summed E-state index contributed by atoms with van der Waals surface area (Å²) in [7, 11) is 6.63. The van der Waals surface area contributed by atoms with Crippen LogP contribution in [0.25, 0.3) is 10.9 Å². The minimum absolute atomic E-state index is 0.108. The molecule has 0 spiro atoms. The molecule has 1 atom stereocenters. The lowest BCUT2D eigenvalue weighted by molar-refractivity contribution is 0.146. The first-order valence-corrected chi connectivity index (χ1v) is 10.8. The monoisotopic (exact) mass is 369 g/mol. The third-order valence-electron chi connectivity index (χ3n) is 6.69. The van der Waals surface area contributed by atoms with Gasteiger partial charge in [0.15, 0.2) is 0 Å². The number of aromatic amines is 1. The molecule has 1 aromatic heterocycles. The van der Waals surface area contributed by atoms with Gasteiger partial charge in [-0.3, -0.25) is 4.90 Å². The Kier molecular flexibility index (Phi) is 4.70. The number of benzene rings is 1. The third kappa shape index (κ3) is 2.65. The normalized spacial score (nSPS) is 25.8. The van der Waals surface area contributed by atoms with Crippen LogP contribution in [0.3, 0.4) is 0 Å². The average molecular weight is 370 g/mol. The molecule has 1 aliphatic carbocycles. The van der Waals surface area contributed by atoms with Gasteiger partial charge in [0.2, 0.25) is 0 Å². The van der Waals surface area contributed by atoms with Crippen molar-refractivity contribution in [1.82, 2.24) is 15.2 Å². The summed E-state index contributed by atoms with van der Waals surface area (Å²) in [5.74, 6) is 1.06.